The summed E-state index contributed by atoms with van der Waals surface area (Å²) < 4.78 is 49.9. The molecule has 1 atom stereocenters. The van der Waals surface area contributed by atoms with Crippen molar-refractivity contribution in [1.29, 1.82) is 0 Å². The molecule has 0 aliphatic heterocycles. The summed E-state index contributed by atoms with van der Waals surface area (Å²) in [6, 6.07) is 16.4. The van der Waals surface area contributed by atoms with Crippen LogP contribution in [0.15, 0.2) is 60.7 Å². The lowest BCUT2D eigenvalue weighted by molar-refractivity contribution is -0.143. The fourth-order valence-corrected chi connectivity index (χ4v) is 3.10. The van der Waals surface area contributed by atoms with Crippen LogP contribution in [0.25, 0.3) is 0 Å². The zero-order chi connectivity index (χ0) is 18.3. The Kier molecular flexibility index (Phi) is 6.28. The number of rotatable bonds is 8. The van der Waals surface area contributed by atoms with Crippen molar-refractivity contribution in [3.05, 3.63) is 66.2 Å². The van der Waals surface area contributed by atoms with E-state index in [-0.39, 0.29) is 12.4 Å². The quantitative estimate of drug-likeness (QED) is 0.558. The van der Waals surface area contributed by atoms with Crippen molar-refractivity contribution in [3.63, 3.8) is 0 Å². The highest BCUT2D eigenvalue weighted by Crippen LogP contribution is 2.56. The van der Waals surface area contributed by atoms with Crippen LogP contribution in [0.5, 0.6) is 5.75 Å². The Labute approximate surface area is 144 Å². The van der Waals surface area contributed by atoms with Gasteiger partial charge in [0.2, 0.25) is 0 Å². The molecule has 0 aliphatic carbocycles. The van der Waals surface area contributed by atoms with Crippen molar-refractivity contribution in [3.8, 4) is 5.75 Å². The number of alkyl halides is 2. The molecule has 0 saturated carbocycles. The van der Waals surface area contributed by atoms with Crippen LogP contribution in [0.4, 0.5) is 8.78 Å². The molecule has 2 aromatic rings. The molecule has 1 N–H and O–H groups in total. The molecule has 0 radical (unpaired) electrons. The lowest BCUT2D eigenvalue weighted by atomic mass is 10.2. The molecule has 8 heteroatoms. The minimum Gasteiger partial charge on any atom is -0.460 e. The van der Waals surface area contributed by atoms with E-state index in [4.69, 9.17) is 9.26 Å². The maximum atomic E-state index is 13.8. The van der Waals surface area contributed by atoms with Gasteiger partial charge in [0.1, 0.15) is 18.9 Å². The first-order valence-electron chi connectivity index (χ1n) is 7.47. The summed E-state index contributed by atoms with van der Waals surface area (Å²) in [4.78, 5) is 11.7. The topological polar surface area (TPSA) is 64.6 Å². The number of ether oxygens (including phenoxy) is 1. The third kappa shape index (κ3) is 5.66. The highest BCUT2D eigenvalue weighted by molar-refractivity contribution is 7.58. The molecular weight excluding hydrogens is 351 g/mol. The van der Waals surface area contributed by atoms with Gasteiger partial charge in [0, 0.05) is 6.92 Å². The van der Waals surface area contributed by atoms with Crippen LogP contribution in [0, 0.1) is 0 Å². The van der Waals surface area contributed by atoms with E-state index < -0.39 is 25.7 Å². The van der Waals surface area contributed by atoms with E-state index in [2.05, 4.69) is 0 Å². The summed E-state index contributed by atoms with van der Waals surface area (Å²) >= 11 is 0. The fourth-order valence-electron chi connectivity index (χ4n) is 1.84. The summed E-state index contributed by atoms with van der Waals surface area (Å²) in [6.45, 7) is -0.201. The van der Waals surface area contributed by atoms with Gasteiger partial charge in [0.05, 0.1) is 0 Å². The van der Waals surface area contributed by atoms with Gasteiger partial charge in [-0.15, -0.1) is 0 Å². The van der Waals surface area contributed by atoms with E-state index in [0.29, 0.717) is 6.92 Å². The third-order valence-electron chi connectivity index (χ3n) is 3.17. The summed E-state index contributed by atoms with van der Waals surface area (Å²) in [5.74, 6) is -0.803. The van der Waals surface area contributed by atoms with Crippen molar-refractivity contribution >= 4 is 13.5 Å². The molecule has 0 aromatic heterocycles. The molecule has 5 nitrogen and oxygen atoms in total. The Balaban J connectivity index is 1.95. The molecular formula is C17H18F2NO4P. The van der Waals surface area contributed by atoms with Gasteiger partial charge in [-0.05, 0) is 17.7 Å². The van der Waals surface area contributed by atoms with Crippen LogP contribution in [-0.2, 0) is 20.7 Å². The van der Waals surface area contributed by atoms with Crippen LogP contribution < -0.4 is 9.61 Å². The van der Waals surface area contributed by atoms with Gasteiger partial charge in [0.15, 0.2) is 0 Å². The first-order valence-corrected chi connectivity index (χ1v) is 9.10. The van der Waals surface area contributed by atoms with Gasteiger partial charge >= 0.3 is 19.2 Å². The molecule has 134 valence electrons. The predicted octanol–water partition coefficient (Wildman–Crippen LogP) is 4.20. The lowest BCUT2D eigenvalue weighted by Gasteiger charge is -2.25. The standard InChI is InChI=1S/C17H18F2NO4P/c1-17(18,19)25(22,24-15-10-6-3-7-11-15)20-12-16(21)23-13-14-8-4-2-5-9-14/h2-11H,12-13H2,1H3,(H,20,22). The second kappa shape index (κ2) is 8.23. The highest BCUT2D eigenvalue weighted by atomic mass is 31.2. The van der Waals surface area contributed by atoms with Gasteiger partial charge in [-0.2, -0.15) is 8.78 Å². The van der Waals surface area contributed by atoms with Crippen LogP contribution in [0.2, 0.25) is 0 Å². The molecule has 0 amide bonds. The Morgan fingerprint density at radius 3 is 2.20 bits per heavy atom. The third-order valence-corrected chi connectivity index (χ3v) is 5.24. The number of para-hydroxylation sites is 1. The second-order valence-electron chi connectivity index (χ2n) is 5.28. The molecule has 0 saturated heterocycles. The lowest BCUT2D eigenvalue weighted by Crippen LogP contribution is -2.31. The molecule has 2 aromatic carbocycles. The average molecular weight is 369 g/mol. The number of hydrogen-bond acceptors (Lipinski definition) is 4. The minimum atomic E-state index is -4.66. The van der Waals surface area contributed by atoms with Crippen LogP contribution >= 0.6 is 7.52 Å². The molecule has 0 spiro atoms. The smallest absolute Gasteiger partial charge is 0.385 e. The number of hydrogen-bond donors (Lipinski definition) is 1. The number of nitrogens with one attached hydrogen (secondary N) is 1. The van der Waals surface area contributed by atoms with Crippen molar-refractivity contribution < 1.29 is 27.4 Å². The van der Waals surface area contributed by atoms with Gasteiger partial charge in [-0.3, -0.25) is 9.36 Å². The molecule has 0 bridgehead atoms. The first kappa shape index (κ1) is 19.1. The minimum absolute atomic E-state index is 0.00623. The maximum absolute atomic E-state index is 13.8. The van der Waals surface area contributed by atoms with Crippen molar-refractivity contribution in [2.45, 2.75) is 19.2 Å². The maximum Gasteiger partial charge on any atom is 0.385 e. The van der Waals surface area contributed by atoms with E-state index in [1.54, 1.807) is 42.5 Å². The van der Waals surface area contributed by atoms with Gasteiger partial charge in [0.25, 0.3) is 0 Å². The van der Waals surface area contributed by atoms with Crippen LogP contribution in [0.3, 0.4) is 0 Å². The van der Waals surface area contributed by atoms with E-state index in [1.807, 2.05) is 11.2 Å². The van der Waals surface area contributed by atoms with Gasteiger partial charge in [-0.25, -0.2) is 5.09 Å². The zero-order valence-electron chi connectivity index (χ0n) is 13.5. The average Bonchev–Trinajstić information content (AvgIpc) is 2.59. The summed E-state index contributed by atoms with van der Waals surface area (Å²) in [7, 11) is -4.66. The Morgan fingerprint density at radius 2 is 1.64 bits per heavy atom. The molecule has 1 unspecified atom stereocenters. The number of esters is 1. The Bertz CT molecular complexity index is 735. The van der Waals surface area contributed by atoms with Gasteiger partial charge < -0.3 is 9.26 Å². The van der Waals surface area contributed by atoms with Crippen molar-refractivity contribution in [2.75, 3.05) is 6.54 Å². The number of halogens is 2. The SMILES string of the molecule is CC(F)(F)P(=O)(NCC(=O)OCc1ccccc1)Oc1ccccc1. The number of carbonyl (C=O) groups excluding carboxylic acids is 1. The monoisotopic (exact) mass is 369 g/mol. The van der Waals surface area contributed by atoms with E-state index in [9.17, 15) is 18.1 Å². The summed E-state index contributed by atoms with van der Waals surface area (Å²) in [5, 5.41) is 2.03. The van der Waals surface area contributed by atoms with Gasteiger partial charge in [-0.1, -0.05) is 48.5 Å². The van der Waals surface area contributed by atoms with Crippen LogP contribution in [0.1, 0.15) is 12.5 Å². The Hall–Kier alpha value is -2.24. The number of carbonyl (C=O) groups is 1. The van der Waals surface area contributed by atoms with Crippen molar-refractivity contribution in [1.82, 2.24) is 5.09 Å². The molecule has 2 rings (SSSR count). The normalized spacial score (nSPS) is 13.7. The van der Waals surface area contributed by atoms with E-state index in [1.165, 1.54) is 12.1 Å². The first-order chi connectivity index (χ1) is 11.8. The van der Waals surface area contributed by atoms with Crippen molar-refractivity contribution in [2.24, 2.45) is 0 Å². The van der Waals surface area contributed by atoms with Crippen LogP contribution in [-0.4, -0.2) is 18.2 Å². The summed E-state index contributed by atoms with van der Waals surface area (Å²) in [6.07, 6.45) is 0. The number of benzene rings is 2. The largest absolute Gasteiger partial charge is 0.460 e. The summed E-state index contributed by atoms with van der Waals surface area (Å²) in [5.41, 5.74) is -2.93. The molecule has 0 fully saturated rings. The molecule has 0 aliphatic rings. The predicted molar refractivity (Wildman–Crippen MR) is 89.5 cm³/mol. The fraction of sp³-hybridized carbons (Fsp3) is 0.235. The molecule has 25 heavy (non-hydrogen) atoms. The zero-order valence-corrected chi connectivity index (χ0v) is 14.4. The van der Waals surface area contributed by atoms with E-state index in [0.717, 1.165) is 5.56 Å². The van der Waals surface area contributed by atoms with E-state index >= 15 is 0 Å². The Morgan fingerprint density at radius 1 is 1.08 bits per heavy atom. The highest BCUT2D eigenvalue weighted by Gasteiger charge is 2.49. The second-order valence-corrected chi connectivity index (χ2v) is 7.67. The molecule has 0 heterocycles.